The molecule has 1 aliphatic heterocycles. The zero-order valence-corrected chi connectivity index (χ0v) is 16.5. The minimum absolute atomic E-state index is 0.0155. The highest BCUT2D eigenvalue weighted by molar-refractivity contribution is 6.31. The van der Waals surface area contributed by atoms with Crippen molar-refractivity contribution in [2.75, 3.05) is 30.4 Å². The summed E-state index contributed by atoms with van der Waals surface area (Å²) >= 11 is 6.04. The molecule has 1 aromatic carbocycles. The van der Waals surface area contributed by atoms with E-state index >= 15 is 0 Å². The van der Waals surface area contributed by atoms with Crippen LogP contribution in [0.15, 0.2) is 30.3 Å². The van der Waals surface area contributed by atoms with Gasteiger partial charge in [0, 0.05) is 24.0 Å². The number of amides is 1. The Labute approximate surface area is 167 Å². The summed E-state index contributed by atoms with van der Waals surface area (Å²) < 4.78 is 7.03. The topological polar surface area (TPSA) is 84.6 Å². The number of carbonyl (C=O) groups excluding carboxylic acids is 1. The van der Waals surface area contributed by atoms with E-state index in [1.54, 1.807) is 29.8 Å². The Bertz CT molecular complexity index is 1010. The van der Waals surface area contributed by atoms with E-state index in [9.17, 15) is 4.79 Å². The first-order valence-electron chi connectivity index (χ1n) is 9.13. The van der Waals surface area contributed by atoms with Crippen LogP contribution in [-0.4, -0.2) is 45.9 Å². The molecule has 1 aliphatic rings. The summed E-state index contributed by atoms with van der Waals surface area (Å²) in [7, 11) is 1.57. The number of aromatic nitrogens is 4. The highest BCUT2D eigenvalue weighted by Crippen LogP contribution is 2.29. The van der Waals surface area contributed by atoms with Gasteiger partial charge in [-0.1, -0.05) is 11.6 Å². The molecule has 0 radical (unpaired) electrons. The molecule has 1 N–H and O–H groups in total. The molecule has 1 saturated heterocycles. The number of nitrogens with one attached hydrogen (secondary N) is 1. The maximum Gasteiger partial charge on any atom is 0.227 e. The van der Waals surface area contributed by atoms with Gasteiger partial charge in [0.05, 0.1) is 12.8 Å². The van der Waals surface area contributed by atoms with Crippen LogP contribution in [0, 0.1) is 12.8 Å². The summed E-state index contributed by atoms with van der Waals surface area (Å²) in [5.74, 6) is 2.13. The van der Waals surface area contributed by atoms with Crippen LogP contribution in [0.1, 0.15) is 18.7 Å². The van der Waals surface area contributed by atoms with Crippen molar-refractivity contribution in [3.8, 4) is 5.75 Å². The number of anilines is 2. The van der Waals surface area contributed by atoms with Crippen LogP contribution in [0.25, 0.3) is 5.65 Å². The fourth-order valence-electron chi connectivity index (χ4n) is 3.44. The first-order valence-corrected chi connectivity index (χ1v) is 9.51. The molecule has 1 amide bonds. The fourth-order valence-corrected chi connectivity index (χ4v) is 3.61. The first kappa shape index (κ1) is 18.5. The van der Waals surface area contributed by atoms with Crippen molar-refractivity contribution in [2.24, 2.45) is 5.92 Å². The Morgan fingerprint density at radius 2 is 2.00 bits per heavy atom. The highest BCUT2D eigenvalue weighted by Gasteiger charge is 2.26. The second-order valence-corrected chi connectivity index (χ2v) is 7.24. The molecule has 1 fully saturated rings. The van der Waals surface area contributed by atoms with Gasteiger partial charge in [-0.2, -0.15) is 4.52 Å². The molecule has 0 bridgehead atoms. The number of nitrogens with zero attached hydrogens (tertiary/aromatic N) is 5. The number of benzene rings is 1. The lowest BCUT2D eigenvalue weighted by molar-refractivity contribution is -0.120. The SMILES string of the molecule is COc1ccc(Cl)cc1NC(=O)C1CCN(c2ccc3nnc(C)n3n2)CC1. The second-order valence-electron chi connectivity index (χ2n) is 6.80. The van der Waals surface area contributed by atoms with Gasteiger partial charge in [0.25, 0.3) is 0 Å². The number of hydrogen-bond donors (Lipinski definition) is 1. The predicted molar refractivity (Wildman–Crippen MR) is 107 cm³/mol. The van der Waals surface area contributed by atoms with E-state index in [-0.39, 0.29) is 11.8 Å². The van der Waals surface area contributed by atoms with E-state index < -0.39 is 0 Å². The molecule has 0 unspecified atom stereocenters. The molecular weight excluding hydrogens is 380 g/mol. The van der Waals surface area contributed by atoms with E-state index in [4.69, 9.17) is 16.3 Å². The van der Waals surface area contributed by atoms with Gasteiger partial charge in [-0.05, 0) is 50.1 Å². The van der Waals surface area contributed by atoms with Gasteiger partial charge >= 0.3 is 0 Å². The van der Waals surface area contributed by atoms with Gasteiger partial charge < -0.3 is 15.0 Å². The summed E-state index contributed by atoms with van der Waals surface area (Å²) in [6.45, 7) is 3.38. The summed E-state index contributed by atoms with van der Waals surface area (Å²) in [5, 5.41) is 16.2. The molecular formula is C19H21ClN6O2. The van der Waals surface area contributed by atoms with Crippen molar-refractivity contribution in [1.82, 2.24) is 19.8 Å². The van der Waals surface area contributed by atoms with E-state index in [0.29, 0.717) is 16.5 Å². The average Bonchev–Trinajstić information content (AvgIpc) is 3.08. The number of halogens is 1. The zero-order chi connectivity index (χ0) is 19.7. The zero-order valence-electron chi connectivity index (χ0n) is 15.7. The minimum Gasteiger partial charge on any atom is -0.495 e. The average molecular weight is 401 g/mol. The number of piperidine rings is 1. The third-order valence-electron chi connectivity index (χ3n) is 5.01. The molecule has 0 atom stereocenters. The molecule has 2 aromatic heterocycles. The number of hydrogen-bond acceptors (Lipinski definition) is 6. The van der Waals surface area contributed by atoms with E-state index in [1.807, 2.05) is 19.1 Å². The van der Waals surface area contributed by atoms with Gasteiger partial charge in [0.2, 0.25) is 5.91 Å². The standard InChI is InChI=1S/C19H21ClN6O2/c1-12-22-23-17-5-6-18(24-26(12)17)25-9-7-13(8-10-25)19(27)21-15-11-14(20)3-4-16(15)28-2/h3-6,11,13H,7-10H2,1-2H3,(H,21,27). The van der Waals surface area contributed by atoms with Gasteiger partial charge in [-0.25, -0.2) is 0 Å². The van der Waals surface area contributed by atoms with Crippen molar-refractivity contribution in [2.45, 2.75) is 19.8 Å². The molecule has 0 saturated carbocycles. The number of methoxy groups -OCH3 is 1. The van der Waals surface area contributed by atoms with E-state index in [2.05, 4.69) is 25.5 Å². The molecule has 3 aromatic rings. The molecule has 0 aliphatic carbocycles. The molecule has 146 valence electrons. The van der Waals surface area contributed by atoms with Crippen molar-refractivity contribution in [3.05, 3.63) is 41.2 Å². The monoisotopic (exact) mass is 400 g/mol. The minimum atomic E-state index is -0.0692. The second kappa shape index (κ2) is 7.63. The lowest BCUT2D eigenvalue weighted by Gasteiger charge is -2.32. The Hall–Kier alpha value is -2.87. The molecule has 28 heavy (non-hydrogen) atoms. The number of fused-ring (bicyclic) bond motifs is 1. The van der Waals surface area contributed by atoms with Crippen LogP contribution < -0.4 is 15.0 Å². The van der Waals surface area contributed by atoms with Crippen LogP contribution >= 0.6 is 11.6 Å². The van der Waals surface area contributed by atoms with Gasteiger partial charge in [0.1, 0.15) is 11.6 Å². The Kier molecular flexibility index (Phi) is 5.04. The lowest BCUT2D eigenvalue weighted by atomic mass is 9.95. The summed E-state index contributed by atoms with van der Waals surface area (Å²) in [4.78, 5) is 14.9. The first-order chi connectivity index (χ1) is 13.5. The largest absolute Gasteiger partial charge is 0.495 e. The Balaban J connectivity index is 1.41. The lowest BCUT2D eigenvalue weighted by Crippen LogP contribution is -2.38. The molecule has 0 spiro atoms. The number of rotatable bonds is 4. The molecule has 3 heterocycles. The quantitative estimate of drug-likeness (QED) is 0.724. The number of carbonyl (C=O) groups is 1. The van der Waals surface area contributed by atoms with Crippen LogP contribution in [0.3, 0.4) is 0 Å². The molecule has 4 rings (SSSR count). The summed E-state index contributed by atoms with van der Waals surface area (Å²) in [6, 6.07) is 9.03. The Morgan fingerprint density at radius 1 is 1.21 bits per heavy atom. The fraction of sp³-hybridized carbons (Fsp3) is 0.368. The maximum absolute atomic E-state index is 12.7. The van der Waals surface area contributed by atoms with Crippen LogP contribution in [0.2, 0.25) is 5.02 Å². The van der Waals surface area contributed by atoms with Crippen LogP contribution in [-0.2, 0) is 4.79 Å². The van der Waals surface area contributed by atoms with Crippen molar-refractivity contribution in [3.63, 3.8) is 0 Å². The molecule has 8 nitrogen and oxygen atoms in total. The van der Waals surface area contributed by atoms with E-state index in [0.717, 1.165) is 43.2 Å². The van der Waals surface area contributed by atoms with Crippen molar-refractivity contribution < 1.29 is 9.53 Å². The van der Waals surface area contributed by atoms with Crippen molar-refractivity contribution in [1.29, 1.82) is 0 Å². The van der Waals surface area contributed by atoms with Gasteiger partial charge in [-0.15, -0.1) is 15.3 Å². The van der Waals surface area contributed by atoms with Crippen molar-refractivity contribution >= 4 is 34.7 Å². The maximum atomic E-state index is 12.7. The highest BCUT2D eigenvalue weighted by atomic mass is 35.5. The van der Waals surface area contributed by atoms with Crippen LogP contribution in [0.5, 0.6) is 5.75 Å². The van der Waals surface area contributed by atoms with Gasteiger partial charge in [0.15, 0.2) is 11.5 Å². The van der Waals surface area contributed by atoms with Crippen LogP contribution in [0.4, 0.5) is 11.5 Å². The number of ether oxygens (including phenoxy) is 1. The third kappa shape index (κ3) is 3.60. The summed E-state index contributed by atoms with van der Waals surface area (Å²) in [6.07, 6.45) is 1.49. The summed E-state index contributed by atoms with van der Waals surface area (Å²) in [5.41, 5.74) is 1.32. The Morgan fingerprint density at radius 3 is 2.75 bits per heavy atom. The normalized spacial score (nSPS) is 15.0. The number of aryl methyl sites for hydroxylation is 1. The van der Waals surface area contributed by atoms with Gasteiger partial charge in [-0.3, -0.25) is 4.79 Å². The smallest absolute Gasteiger partial charge is 0.227 e. The van der Waals surface area contributed by atoms with E-state index in [1.165, 1.54) is 0 Å². The molecule has 9 heteroatoms. The third-order valence-corrected chi connectivity index (χ3v) is 5.25. The predicted octanol–water partition coefficient (Wildman–Crippen LogP) is 2.95.